The third-order valence-electron chi connectivity index (χ3n) is 7.15. The van der Waals surface area contributed by atoms with E-state index in [0.29, 0.717) is 24.7 Å². The van der Waals surface area contributed by atoms with Gasteiger partial charge >= 0.3 is 0 Å². The van der Waals surface area contributed by atoms with Crippen LogP contribution in [0.2, 0.25) is 0 Å². The number of amides is 1. The van der Waals surface area contributed by atoms with Gasteiger partial charge in [0, 0.05) is 31.6 Å². The topological polar surface area (TPSA) is 51.2 Å². The summed E-state index contributed by atoms with van der Waals surface area (Å²) in [6.45, 7) is 5.52. The van der Waals surface area contributed by atoms with Crippen LogP contribution in [0.15, 0.2) is 42.5 Å². The molecule has 5 rings (SSSR count). The molecule has 2 saturated heterocycles. The Hall–Kier alpha value is -2.64. The summed E-state index contributed by atoms with van der Waals surface area (Å²) in [6.07, 6.45) is 4.05. The van der Waals surface area contributed by atoms with Gasteiger partial charge in [-0.2, -0.15) is 0 Å². The zero-order valence-corrected chi connectivity index (χ0v) is 19.1. The summed E-state index contributed by atoms with van der Waals surface area (Å²) in [7, 11) is 0. The van der Waals surface area contributed by atoms with E-state index in [1.165, 1.54) is 11.6 Å². The van der Waals surface area contributed by atoms with E-state index in [1.807, 2.05) is 6.07 Å². The Labute approximate surface area is 194 Å². The maximum Gasteiger partial charge on any atom is 0.246 e. The molecule has 6 nitrogen and oxygen atoms in total. The minimum atomic E-state index is -0.301. The molecule has 2 fully saturated rings. The van der Waals surface area contributed by atoms with E-state index >= 15 is 0 Å². The van der Waals surface area contributed by atoms with Crippen molar-refractivity contribution in [2.75, 3.05) is 26.4 Å². The van der Waals surface area contributed by atoms with E-state index in [-0.39, 0.29) is 23.9 Å². The second-order valence-electron chi connectivity index (χ2n) is 9.57. The summed E-state index contributed by atoms with van der Waals surface area (Å²) in [4.78, 5) is 21.0. The summed E-state index contributed by atoms with van der Waals surface area (Å²) in [5, 5.41) is 1.58. The zero-order valence-electron chi connectivity index (χ0n) is 19.1. The number of likely N-dealkylation sites (tertiary alicyclic amines) is 1. The second-order valence-corrected chi connectivity index (χ2v) is 9.57. The number of halogens is 1. The molecule has 3 aliphatic rings. The van der Waals surface area contributed by atoms with Crippen molar-refractivity contribution in [3.8, 4) is 11.5 Å². The molecule has 3 heterocycles. The summed E-state index contributed by atoms with van der Waals surface area (Å²) >= 11 is 0. The first kappa shape index (κ1) is 22.2. The Morgan fingerprint density at radius 3 is 2.70 bits per heavy atom. The largest absolute Gasteiger partial charge is 0.454 e. The van der Waals surface area contributed by atoms with Crippen molar-refractivity contribution in [2.24, 2.45) is 5.92 Å². The van der Waals surface area contributed by atoms with Crippen molar-refractivity contribution >= 4 is 5.91 Å². The molecule has 33 heavy (non-hydrogen) atoms. The third kappa shape index (κ3) is 4.70. The molecule has 1 spiro atoms. The number of rotatable bonds is 7. The van der Waals surface area contributed by atoms with Gasteiger partial charge in [-0.05, 0) is 55.4 Å². The van der Waals surface area contributed by atoms with Gasteiger partial charge in [0.05, 0.1) is 5.54 Å². The van der Waals surface area contributed by atoms with Gasteiger partial charge in [-0.1, -0.05) is 31.2 Å². The first-order valence-electron chi connectivity index (χ1n) is 11.8. The van der Waals surface area contributed by atoms with Crippen molar-refractivity contribution < 1.29 is 23.5 Å². The fourth-order valence-corrected chi connectivity index (χ4v) is 5.35. The number of piperidine rings is 1. The van der Waals surface area contributed by atoms with Crippen LogP contribution in [-0.4, -0.2) is 47.8 Å². The highest BCUT2D eigenvalue weighted by molar-refractivity contribution is 5.78. The summed E-state index contributed by atoms with van der Waals surface area (Å²) in [6, 6.07) is 12.7. The van der Waals surface area contributed by atoms with E-state index in [1.54, 1.807) is 23.3 Å². The van der Waals surface area contributed by atoms with Gasteiger partial charge in [0.1, 0.15) is 12.4 Å². The number of hydrogen-bond donors (Lipinski definition) is 0. The molecule has 0 aromatic heterocycles. The molecule has 3 aliphatic heterocycles. The van der Waals surface area contributed by atoms with Gasteiger partial charge in [-0.15, -0.1) is 0 Å². The number of carbonyl (C=O) groups excluding carboxylic acids is 1. The molecule has 0 N–H and O–H groups in total. The molecule has 176 valence electrons. The molecule has 0 bridgehead atoms. The lowest BCUT2D eigenvalue weighted by Crippen LogP contribution is -2.53. The first-order valence-corrected chi connectivity index (χ1v) is 11.8. The molecule has 0 radical (unpaired) electrons. The molecular weight excluding hydrogens is 423 g/mol. The van der Waals surface area contributed by atoms with E-state index in [9.17, 15) is 9.18 Å². The van der Waals surface area contributed by atoms with Gasteiger partial charge in [0.15, 0.2) is 11.5 Å². The summed E-state index contributed by atoms with van der Waals surface area (Å²) in [5.41, 5.74) is 1.47. The predicted molar refractivity (Wildman–Crippen MR) is 121 cm³/mol. The number of ether oxygens (including phenoxy) is 2. The SMILES string of the molecule is CC(Cc1ccc2c(c1)OCO2)CN1CCC2(CCC(=O)N2OCc2ccccc2F)CC1. The lowest BCUT2D eigenvalue weighted by atomic mass is 9.85. The van der Waals surface area contributed by atoms with Crippen LogP contribution >= 0.6 is 0 Å². The maximum atomic E-state index is 14.0. The molecule has 1 atom stereocenters. The number of hydrogen-bond acceptors (Lipinski definition) is 5. The van der Waals surface area contributed by atoms with E-state index in [4.69, 9.17) is 14.3 Å². The summed E-state index contributed by atoms with van der Waals surface area (Å²) in [5.74, 6) is 1.86. The fourth-order valence-electron chi connectivity index (χ4n) is 5.35. The standard InChI is InChI=1S/C26H31FN2O4/c1-19(14-20-6-7-23-24(15-20)32-18-31-23)16-28-12-10-26(11-13-28)9-8-25(30)29(26)33-17-21-4-2-3-5-22(21)27/h2-7,15,19H,8-14,16-18H2,1H3. The van der Waals surface area contributed by atoms with Crippen molar-refractivity contribution in [1.82, 2.24) is 9.96 Å². The minimum absolute atomic E-state index is 0.0102. The highest BCUT2D eigenvalue weighted by Crippen LogP contribution is 2.40. The van der Waals surface area contributed by atoms with Crippen molar-refractivity contribution in [2.45, 2.75) is 51.2 Å². The van der Waals surface area contributed by atoms with E-state index in [0.717, 1.165) is 56.8 Å². The molecular formula is C26H31FN2O4. The Balaban J connectivity index is 1.14. The second kappa shape index (κ2) is 9.31. The van der Waals surface area contributed by atoms with Crippen LogP contribution in [0.4, 0.5) is 4.39 Å². The quantitative estimate of drug-likeness (QED) is 0.624. The van der Waals surface area contributed by atoms with Crippen molar-refractivity contribution in [3.05, 3.63) is 59.4 Å². The predicted octanol–water partition coefficient (Wildman–Crippen LogP) is 4.32. The van der Waals surface area contributed by atoms with E-state index in [2.05, 4.69) is 24.0 Å². The van der Waals surface area contributed by atoms with Gasteiger partial charge in [0.2, 0.25) is 12.7 Å². The molecule has 1 amide bonds. The van der Waals surface area contributed by atoms with Crippen LogP contribution in [0.1, 0.15) is 43.7 Å². The lowest BCUT2D eigenvalue weighted by Gasteiger charge is -2.44. The molecule has 0 aliphatic carbocycles. The molecule has 7 heteroatoms. The van der Waals surface area contributed by atoms with Gasteiger partial charge < -0.3 is 14.4 Å². The highest BCUT2D eigenvalue weighted by atomic mass is 19.1. The minimum Gasteiger partial charge on any atom is -0.454 e. The normalized spacial score (nSPS) is 20.5. The Kier molecular flexibility index (Phi) is 6.25. The Morgan fingerprint density at radius 2 is 1.88 bits per heavy atom. The number of hydroxylamine groups is 2. The van der Waals surface area contributed by atoms with E-state index < -0.39 is 0 Å². The smallest absolute Gasteiger partial charge is 0.246 e. The average molecular weight is 455 g/mol. The molecule has 2 aromatic carbocycles. The van der Waals surface area contributed by atoms with Gasteiger partial charge in [0.25, 0.3) is 0 Å². The number of benzene rings is 2. The van der Waals surface area contributed by atoms with Crippen LogP contribution in [0, 0.1) is 11.7 Å². The third-order valence-corrected chi connectivity index (χ3v) is 7.15. The maximum absolute atomic E-state index is 14.0. The first-order chi connectivity index (χ1) is 16.0. The van der Waals surface area contributed by atoms with Crippen molar-refractivity contribution in [1.29, 1.82) is 0 Å². The average Bonchev–Trinajstić information content (AvgIpc) is 3.39. The summed E-state index contributed by atoms with van der Waals surface area (Å²) < 4.78 is 24.9. The number of nitrogens with zero attached hydrogens (tertiary/aromatic N) is 2. The lowest BCUT2D eigenvalue weighted by molar-refractivity contribution is -0.223. The molecule has 1 unspecified atom stereocenters. The monoisotopic (exact) mass is 454 g/mol. The molecule has 2 aromatic rings. The van der Waals surface area contributed by atoms with Crippen LogP contribution in [0.25, 0.3) is 0 Å². The van der Waals surface area contributed by atoms with Gasteiger partial charge in [-0.25, -0.2) is 9.45 Å². The van der Waals surface area contributed by atoms with Crippen LogP contribution < -0.4 is 9.47 Å². The Morgan fingerprint density at radius 1 is 1.09 bits per heavy atom. The number of carbonyl (C=O) groups is 1. The zero-order chi connectivity index (χ0) is 22.8. The van der Waals surface area contributed by atoms with Crippen LogP contribution in [0.5, 0.6) is 11.5 Å². The fraction of sp³-hybridized carbons (Fsp3) is 0.500. The van der Waals surface area contributed by atoms with Crippen molar-refractivity contribution in [3.63, 3.8) is 0 Å². The molecule has 0 saturated carbocycles. The Bertz CT molecular complexity index is 1010. The number of fused-ring (bicyclic) bond motifs is 1. The van der Waals surface area contributed by atoms with Crippen LogP contribution in [-0.2, 0) is 22.7 Å². The van der Waals surface area contributed by atoms with Crippen LogP contribution in [0.3, 0.4) is 0 Å². The van der Waals surface area contributed by atoms with Gasteiger partial charge in [-0.3, -0.25) is 9.63 Å². The highest BCUT2D eigenvalue weighted by Gasteiger charge is 2.48.